The van der Waals surface area contributed by atoms with Crippen LogP contribution in [-0.2, 0) is 6.42 Å². The maximum Gasteiger partial charge on any atom is 0.220 e. The van der Waals surface area contributed by atoms with Gasteiger partial charge >= 0.3 is 0 Å². The van der Waals surface area contributed by atoms with E-state index in [-0.39, 0.29) is 29.9 Å². The number of imidazole rings is 1. The Morgan fingerprint density at radius 2 is 2.04 bits per heavy atom. The van der Waals surface area contributed by atoms with Crippen molar-refractivity contribution in [3.63, 3.8) is 0 Å². The number of aromatic nitrogens is 4. The minimum atomic E-state index is -0.341. The Balaban J connectivity index is 1.77. The van der Waals surface area contributed by atoms with Gasteiger partial charge in [-0.3, -0.25) is 4.79 Å². The van der Waals surface area contributed by atoms with Crippen LogP contribution in [0, 0.1) is 12.7 Å². The van der Waals surface area contributed by atoms with E-state index >= 15 is 0 Å². The molecule has 1 aromatic carbocycles. The van der Waals surface area contributed by atoms with Crippen molar-refractivity contribution in [3.05, 3.63) is 65.3 Å². The highest BCUT2D eigenvalue weighted by molar-refractivity contribution is 5.99. The molecule has 0 bridgehead atoms. The lowest BCUT2D eigenvalue weighted by molar-refractivity contribution is 0.0960. The van der Waals surface area contributed by atoms with Crippen LogP contribution in [0.25, 0.3) is 5.69 Å². The number of carbonyl (C=O) groups excluding carboxylic acids is 1. The Labute approximate surface area is 143 Å². The van der Waals surface area contributed by atoms with E-state index in [0.29, 0.717) is 34.9 Å². The highest BCUT2D eigenvalue weighted by atomic mass is 19.1. The number of para-hydroxylation sites is 1. The molecule has 25 heavy (non-hydrogen) atoms. The SMILES string of the molecule is Cc1nc(N)nc2c1C(=O)CC(c1nccn1-c1ccccc1F)C2. The number of nitrogens with zero attached hydrogens (tertiary/aromatic N) is 4. The summed E-state index contributed by atoms with van der Waals surface area (Å²) in [6.07, 6.45) is 4.11. The number of aryl methyl sites for hydroxylation is 1. The minimum absolute atomic E-state index is 0.0353. The third-order valence-electron chi connectivity index (χ3n) is 4.48. The molecular formula is C18H16FN5O. The van der Waals surface area contributed by atoms with Crippen molar-refractivity contribution in [2.24, 2.45) is 0 Å². The van der Waals surface area contributed by atoms with Gasteiger partial charge in [-0.15, -0.1) is 0 Å². The van der Waals surface area contributed by atoms with E-state index in [4.69, 9.17) is 5.73 Å². The average molecular weight is 337 g/mol. The first-order valence-corrected chi connectivity index (χ1v) is 7.99. The standard InChI is InChI=1S/C18H16FN5O/c1-10-16-13(23-18(20)22-10)8-11(9-15(16)25)17-21-6-7-24(17)14-5-3-2-4-12(14)19/h2-7,11H,8-9H2,1H3,(H2,20,22,23). The summed E-state index contributed by atoms with van der Waals surface area (Å²) in [6, 6.07) is 6.49. The lowest BCUT2D eigenvalue weighted by Gasteiger charge is -2.24. The first kappa shape index (κ1) is 15.4. The number of nitrogen functional groups attached to an aromatic ring is 1. The summed E-state index contributed by atoms with van der Waals surface area (Å²) < 4.78 is 15.9. The third-order valence-corrected chi connectivity index (χ3v) is 4.48. The van der Waals surface area contributed by atoms with Gasteiger partial charge in [-0.25, -0.2) is 19.3 Å². The molecule has 0 saturated heterocycles. The van der Waals surface area contributed by atoms with E-state index in [9.17, 15) is 9.18 Å². The molecule has 0 saturated carbocycles. The molecule has 0 aliphatic heterocycles. The van der Waals surface area contributed by atoms with Crippen molar-refractivity contribution in [3.8, 4) is 5.69 Å². The van der Waals surface area contributed by atoms with E-state index in [2.05, 4.69) is 15.0 Å². The number of fused-ring (bicyclic) bond motifs is 1. The molecular weight excluding hydrogens is 321 g/mol. The average Bonchev–Trinajstić information content (AvgIpc) is 3.03. The monoisotopic (exact) mass is 337 g/mol. The number of carbonyl (C=O) groups is 1. The molecule has 0 amide bonds. The summed E-state index contributed by atoms with van der Waals surface area (Å²) in [5.74, 6) is 0.225. The van der Waals surface area contributed by atoms with Gasteiger partial charge in [0.15, 0.2) is 5.78 Å². The fourth-order valence-electron chi connectivity index (χ4n) is 3.45. The van der Waals surface area contributed by atoms with Gasteiger partial charge in [0.25, 0.3) is 0 Å². The van der Waals surface area contributed by atoms with Crippen LogP contribution in [0.3, 0.4) is 0 Å². The number of Topliss-reactive ketones (excluding diaryl/α,β-unsaturated/α-hetero) is 1. The highest BCUT2D eigenvalue weighted by Gasteiger charge is 2.32. The maximum atomic E-state index is 14.2. The Morgan fingerprint density at radius 3 is 2.84 bits per heavy atom. The molecule has 0 spiro atoms. The zero-order valence-corrected chi connectivity index (χ0v) is 13.6. The van der Waals surface area contributed by atoms with Crippen LogP contribution in [0.5, 0.6) is 0 Å². The molecule has 3 aromatic rings. The van der Waals surface area contributed by atoms with Crippen LogP contribution < -0.4 is 5.73 Å². The third kappa shape index (κ3) is 2.57. The van der Waals surface area contributed by atoms with Gasteiger partial charge in [0, 0.05) is 31.2 Å². The number of halogens is 1. The summed E-state index contributed by atoms with van der Waals surface area (Å²) in [5, 5.41) is 0. The van der Waals surface area contributed by atoms with Crippen LogP contribution in [0.1, 0.15) is 39.9 Å². The number of hydrogen-bond donors (Lipinski definition) is 1. The molecule has 1 aliphatic rings. The molecule has 2 aromatic heterocycles. The van der Waals surface area contributed by atoms with Crippen LogP contribution in [0.15, 0.2) is 36.7 Å². The normalized spacial score (nSPS) is 16.7. The molecule has 0 fully saturated rings. The van der Waals surface area contributed by atoms with Gasteiger partial charge in [-0.1, -0.05) is 12.1 Å². The molecule has 1 aliphatic carbocycles. The lowest BCUT2D eigenvalue weighted by atomic mass is 9.84. The van der Waals surface area contributed by atoms with E-state index in [1.807, 2.05) is 0 Å². The quantitative estimate of drug-likeness (QED) is 0.777. The molecule has 1 unspecified atom stereocenters. The fraction of sp³-hybridized carbons (Fsp3) is 0.222. The summed E-state index contributed by atoms with van der Waals surface area (Å²) >= 11 is 0. The van der Waals surface area contributed by atoms with E-state index in [0.717, 1.165) is 0 Å². The van der Waals surface area contributed by atoms with Crippen molar-refractivity contribution in [2.75, 3.05) is 5.73 Å². The lowest BCUT2D eigenvalue weighted by Crippen LogP contribution is -2.24. The molecule has 2 N–H and O–H groups in total. The van der Waals surface area contributed by atoms with Gasteiger partial charge in [0.1, 0.15) is 11.6 Å². The predicted octanol–water partition coefficient (Wildman–Crippen LogP) is 2.60. The smallest absolute Gasteiger partial charge is 0.220 e. The molecule has 6 nitrogen and oxygen atoms in total. The molecule has 4 rings (SSSR count). The molecule has 1 atom stereocenters. The summed E-state index contributed by atoms with van der Waals surface area (Å²) in [7, 11) is 0. The van der Waals surface area contributed by atoms with E-state index in [1.165, 1.54) is 6.07 Å². The number of anilines is 1. The molecule has 2 heterocycles. The van der Waals surface area contributed by atoms with Gasteiger partial charge in [-0.2, -0.15) is 0 Å². The molecule has 7 heteroatoms. The predicted molar refractivity (Wildman–Crippen MR) is 90.1 cm³/mol. The van der Waals surface area contributed by atoms with Gasteiger partial charge in [-0.05, 0) is 19.1 Å². The van der Waals surface area contributed by atoms with Crippen LogP contribution >= 0.6 is 0 Å². The largest absolute Gasteiger partial charge is 0.368 e. The Kier molecular flexibility index (Phi) is 3.56. The number of hydrogen-bond acceptors (Lipinski definition) is 5. The van der Waals surface area contributed by atoms with E-state index in [1.54, 1.807) is 42.1 Å². The number of ketones is 1. The number of benzene rings is 1. The number of nitrogens with two attached hydrogens (primary N) is 1. The minimum Gasteiger partial charge on any atom is -0.368 e. The number of rotatable bonds is 2. The van der Waals surface area contributed by atoms with Crippen LogP contribution in [0.4, 0.5) is 10.3 Å². The highest BCUT2D eigenvalue weighted by Crippen LogP contribution is 2.33. The molecule has 0 radical (unpaired) electrons. The zero-order valence-electron chi connectivity index (χ0n) is 13.6. The van der Waals surface area contributed by atoms with Gasteiger partial charge < -0.3 is 10.3 Å². The van der Waals surface area contributed by atoms with E-state index < -0.39 is 0 Å². The molecule has 126 valence electrons. The second-order valence-electron chi connectivity index (χ2n) is 6.12. The van der Waals surface area contributed by atoms with Crippen molar-refractivity contribution < 1.29 is 9.18 Å². The fourth-order valence-corrected chi connectivity index (χ4v) is 3.45. The Morgan fingerprint density at radius 1 is 1.24 bits per heavy atom. The van der Waals surface area contributed by atoms with Crippen molar-refractivity contribution >= 4 is 11.7 Å². The summed E-state index contributed by atoms with van der Waals surface area (Å²) in [4.78, 5) is 25.3. The zero-order chi connectivity index (χ0) is 17.6. The van der Waals surface area contributed by atoms with Crippen molar-refractivity contribution in [2.45, 2.75) is 25.7 Å². The Hall–Kier alpha value is -3.09. The second-order valence-corrected chi connectivity index (χ2v) is 6.12. The first-order chi connectivity index (χ1) is 12.0. The maximum absolute atomic E-state index is 14.2. The van der Waals surface area contributed by atoms with Crippen molar-refractivity contribution in [1.82, 2.24) is 19.5 Å². The van der Waals surface area contributed by atoms with Crippen molar-refractivity contribution in [1.29, 1.82) is 0 Å². The first-order valence-electron chi connectivity index (χ1n) is 7.99. The van der Waals surface area contributed by atoms with Crippen LogP contribution in [-0.4, -0.2) is 25.3 Å². The van der Waals surface area contributed by atoms with Gasteiger partial charge in [0.05, 0.1) is 22.6 Å². The summed E-state index contributed by atoms with van der Waals surface area (Å²) in [6.45, 7) is 1.76. The summed E-state index contributed by atoms with van der Waals surface area (Å²) in [5.41, 5.74) is 7.92. The van der Waals surface area contributed by atoms with Gasteiger partial charge in [0.2, 0.25) is 5.95 Å². The second kappa shape index (κ2) is 5.77. The Bertz CT molecular complexity index is 981. The van der Waals surface area contributed by atoms with Crippen LogP contribution in [0.2, 0.25) is 0 Å². The topological polar surface area (TPSA) is 86.7 Å².